The molecular formula is C10H20N4O. The smallest absolute Gasteiger partial charge is 0.265 e. The molecule has 0 fully saturated rings. The van der Waals surface area contributed by atoms with E-state index in [0.717, 1.165) is 19.5 Å². The van der Waals surface area contributed by atoms with Gasteiger partial charge in [0.15, 0.2) is 0 Å². The van der Waals surface area contributed by atoms with E-state index in [4.69, 9.17) is 4.52 Å². The van der Waals surface area contributed by atoms with E-state index in [-0.39, 0.29) is 6.04 Å². The standard InChI is InChI=1S/C10H20N4O/c1-5-7-11-8(3)9-12-10(13-15-9)14(4)6-2/h8,11H,5-7H2,1-4H3. The predicted octanol–water partition coefficient (Wildman–Crippen LogP) is 1.59. The van der Waals surface area contributed by atoms with Crippen molar-refractivity contribution in [3.63, 3.8) is 0 Å². The van der Waals surface area contributed by atoms with Gasteiger partial charge >= 0.3 is 0 Å². The molecule has 5 nitrogen and oxygen atoms in total. The average molecular weight is 212 g/mol. The monoisotopic (exact) mass is 212 g/mol. The quantitative estimate of drug-likeness (QED) is 0.776. The number of hydrogen-bond donors (Lipinski definition) is 1. The molecule has 0 bridgehead atoms. The van der Waals surface area contributed by atoms with Crippen molar-refractivity contribution in [2.45, 2.75) is 33.2 Å². The molecule has 0 aromatic carbocycles. The van der Waals surface area contributed by atoms with Crippen molar-refractivity contribution in [3.05, 3.63) is 5.89 Å². The van der Waals surface area contributed by atoms with Crippen LogP contribution in [0.2, 0.25) is 0 Å². The van der Waals surface area contributed by atoms with Crippen LogP contribution in [-0.2, 0) is 0 Å². The Morgan fingerprint density at radius 3 is 2.80 bits per heavy atom. The molecule has 1 aromatic heterocycles. The molecule has 0 saturated carbocycles. The summed E-state index contributed by atoms with van der Waals surface area (Å²) in [6.45, 7) is 8.04. The molecule has 0 amide bonds. The zero-order valence-electron chi connectivity index (χ0n) is 9.95. The Labute approximate surface area is 90.8 Å². The highest BCUT2D eigenvalue weighted by Crippen LogP contribution is 2.13. The lowest BCUT2D eigenvalue weighted by molar-refractivity contribution is 0.339. The van der Waals surface area contributed by atoms with Crippen LogP contribution in [0.15, 0.2) is 4.52 Å². The molecule has 1 aromatic rings. The molecule has 1 rings (SSSR count). The van der Waals surface area contributed by atoms with Crippen LogP contribution in [0.3, 0.4) is 0 Å². The Balaban J connectivity index is 2.58. The van der Waals surface area contributed by atoms with Gasteiger partial charge in [-0.3, -0.25) is 0 Å². The zero-order valence-corrected chi connectivity index (χ0v) is 9.95. The molecule has 0 saturated heterocycles. The molecule has 5 heteroatoms. The molecule has 86 valence electrons. The molecule has 0 aliphatic rings. The number of rotatable bonds is 6. The first-order valence-electron chi connectivity index (χ1n) is 5.47. The fraction of sp³-hybridized carbons (Fsp3) is 0.800. The molecule has 1 atom stereocenters. The molecule has 1 unspecified atom stereocenters. The van der Waals surface area contributed by atoms with Gasteiger partial charge in [-0.15, -0.1) is 0 Å². The van der Waals surface area contributed by atoms with Crippen LogP contribution in [0.5, 0.6) is 0 Å². The van der Waals surface area contributed by atoms with E-state index in [1.807, 2.05) is 18.9 Å². The van der Waals surface area contributed by atoms with Crippen molar-refractivity contribution in [3.8, 4) is 0 Å². The van der Waals surface area contributed by atoms with Gasteiger partial charge in [-0.25, -0.2) is 0 Å². The minimum atomic E-state index is 0.122. The number of nitrogens with zero attached hydrogens (tertiary/aromatic N) is 3. The van der Waals surface area contributed by atoms with E-state index in [2.05, 4.69) is 29.3 Å². The Bertz CT molecular complexity index is 287. The lowest BCUT2D eigenvalue weighted by Crippen LogP contribution is -2.20. The van der Waals surface area contributed by atoms with Crippen LogP contribution >= 0.6 is 0 Å². The first-order chi connectivity index (χ1) is 7.19. The summed E-state index contributed by atoms with van der Waals surface area (Å²) in [6, 6.07) is 0.122. The number of aromatic nitrogens is 2. The van der Waals surface area contributed by atoms with Crippen molar-refractivity contribution < 1.29 is 4.52 Å². The summed E-state index contributed by atoms with van der Waals surface area (Å²) in [5, 5.41) is 7.22. The highest BCUT2D eigenvalue weighted by atomic mass is 16.5. The van der Waals surface area contributed by atoms with Crippen LogP contribution < -0.4 is 10.2 Å². The van der Waals surface area contributed by atoms with E-state index in [9.17, 15) is 0 Å². The SMILES string of the molecule is CCCNC(C)c1nc(N(C)CC)no1. The summed E-state index contributed by atoms with van der Waals surface area (Å²) < 4.78 is 5.18. The maximum atomic E-state index is 5.18. The van der Waals surface area contributed by atoms with Crippen molar-refractivity contribution in [2.24, 2.45) is 0 Å². The minimum Gasteiger partial charge on any atom is -0.342 e. The Morgan fingerprint density at radius 1 is 1.47 bits per heavy atom. The first kappa shape index (κ1) is 12.0. The largest absolute Gasteiger partial charge is 0.342 e. The van der Waals surface area contributed by atoms with Gasteiger partial charge in [0.1, 0.15) is 0 Å². The van der Waals surface area contributed by atoms with Gasteiger partial charge in [0.2, 0.25) is 5.89 Å². The molecule has 1 heterocycles. The maximum Gasteiger partial charge on any atom is 0.265 e. The zero-order chi connectivity index (χ0) is 11.3. The van der Waals surface area contributed by atoms with Gasteiger partial charge in [-0.2, -0.15) is 4.98 Å². The number of anilines is 1. The second-order valence-electron chi connectivity index (χ2n) is 3.62. The van der Waals surface area contributed by atoms with Crippen LogP contribution in [0, 0.1) is 0 Å². The lowest BCUT2D eigenvalue weighted by atomic mass is 10.3. The van der Waals surface area contributed by atoms with Crippen LogP contribution in [0.4, 0.5) is 5.95 Å². The van der Waals surface area contributed by atoms with Gasteiger partial charge in [-0.05, 0) is 32.0 Å². The minimum absolute atomic E-state index is 0.122. The van der Waals surface area contributed by atoms with Gasteiger partial charge in [0, 0.05) is 13.6 Å². The third kappa shape index (κ3) is 3.20. The highest BCUT2D eigenvalue weighted by Gasteiger charge is 2.14. The lowest BCUT2D eigenvalue weighted by Gasteiger charge is -2.09. The number of hydrogen-bond acceptors (Lipinski definition) is 5. The van der Waals surface area contributed by atoms with E-state index in [1.165, 1.54) is 0 Å². The van der Waals surface area contributed by atoms with Crippen molar-refractivity contribution in [1.29, 1.82) is 0 Å². The van der Waals surface area contributed by atoms with Crippen molar-refractivity contribution in [1.82, 2.24) is 15.5 Å². The molecule has 1 N–H and O–H groups in total. The third-order valence-corrected chi connectivity index (χ3v) is 2.32. The Hall–Kier alpha value is -1.10. The Kier molecular flexibility index (Phi) is 4.55. The van der Waals surface area contributed by atoms with E-state index < -0.39 is 0 Å². The van der Waals surface area contributed by atoms with E-state index in [1.54, 1.807) is 0 Å². The first-order valence-corrected chi connectivity index (χ1v) is 5.47. The van der Waals surface area contributed by atoms with Gasteiger partial charge in [0.05, 0.1) is 6.04 Å². The summed E-state index contributed by atoms with van der Waals surface area (Å²) in [7, 11) is 1.94. The summed E-state index contributed by atoms with van der Waals surface area (Å²) in [4.78, 5) is 6.26. The van der Waals surface area contributed by atoms with Crippen LogP contribution in [-0.4, -0.2) is 30.3 Å². The topological polar surface area (TPSA) is 54.2 Å². The molecule has 0 spiro atoms. The Morgan fingerprint density at radius 2 is 2.20 bits per heavy atom. The molecule has 15 heavy (non-hydrogen) atoms. The fourth-order valence-corrected chi connectivity index (χ4v) is 1.15. The normalized spacial score (nSPS) is 12.8. The maximum absolute atomic E-state index is 5.18. The van der Waals surface area contributed by atoms with Crippen LogP contribution in [0.1, 0.15) is 39.1 Å². The predicted molar refractivity (Wildman–Crippen MR) is 60.0 cm³/mol. The highest BCUT2D eigenvalue weighted by molar-refractivity contribution is 5.25. The van der Waals surface area contributed by atoms with Gasteiger partial charge in [0.25, 0.3) is 5.95 Å². The summed E-state index contributed by atoms with van der Waals surface area (Å²) in [5.41, 5.74) is 0. The average Bonchev–Trinajstić information content (AvgIpc) is 2.74. The summed E-state index contributed by atoms with van der Waals surface area (Å²) in [6.07, 6.45) is 1.10. The fourth-order valence-electron chi connectivity index (χ4n) is 1.15. The van der Waals surface area contributed by atoms with E-state index >= 15 is 0 Å². The van der Waals surface area contributed by atoms with Crippen LogP contribution in [0.25, 0.3) is 0 Å². The van der Waals surface area contributed by atoms with Gasteiger partial charge in [-0.1, -0.05) is 6.92 Å². The van der Waals surface area contributed by atoms with Gasteiger partial charge < -0.3 is 14.7 Å². The molecule has 0 aliphatic heterocycles. The molecule has 0 radical (unpaired) electrons. The summed E-state index contributed by atoms with van der Waals surface area (Å²) >= 11 is 0. The van der Waals surface area contributed by atoms with Crippen molar-refractivity contribution in [2.75, 3.05) is 25.0 Å². The van der Waals surface area contributed by atoms with E-state index in [0.29, 0.717) is 11.8 Å². The third-order valence-electron chi connectivity index (χ3n) is 2.32. The molecule has 0 aliphatic carbocycles. The second kappa shape index (κ2) is 5.70. The van der Waals surface area contributed by atoms with Crippen molar-refractivity contribution >= 4 is 5.95 Å². The second-order valence-corrected chi connectivity index (χ2v) is 3.62. The molecular weight excluding hydrogens is 192 g/mol. The number of nitrogens with one attached hydrogen (secondary N) is 1. The summed E-state index contributed by atoms with van der Waals surface area (Å²) in [5.74, 6) is 1.30.